The third kappa shape index (κ3) is 5.66. The summed E-state index contributed by atoms with van der Waals surface area (Å²) in [5.74, 6) is 0.0952. The molecule has 198 valence electrons. The average Bonchev–Trinajstić information content (AvgIpc) is 3.45. The number of hydrogen-bond acceptors (Lipinski definition) is 7. The van der Waals surface area contributed by atoms with Crippen LogP contribution in [-0.4, -0.2) is 38.1 Å². The van der Waals surface area contributed by atoms with Crippen molar-refractivity contribution in [2.24, 2.45) is 0 Å². The maximum absolute atomic E-state index is 13.7. The van der Waals surface area contributed by atoms with Gasteiger partial charge in [-0.1, -0.05) is 40.5 Å². The Hall–Kier alpha value is -3.79. The van der Waals surface area contributed by atoms with E-state index in [1.165, 1.54) is 18.5 Å². The van der Waals surface area contributed by atoms with Gasteiger partial charge in [-0.15, -0.1) is 5.10 Å². The van der Waals surface area contributed by atoms with Crippen molar-refractivity contribution in [3.63, 3.8) is 0 Å². The van der Waals surface area contributed by atoms with Gasteiger partial charge in [0.1, 0.15) is 23.7 Å². The molecule has 3 N–H and O–H groups in total. The van der Waals surface area contributed by atoms with E-state index in [1.54, 1.807) is 6.07 Å². The quantitative estimate of drug-likeness (QED) is 0.207. The van der Waals surface area contributed by atoms with Crippen molar-refractivity contribution in [2.45, 2.75) is 24.9 Å². The van der Waals surface area contributed by atoms with Crippen molar-refractivity contribution in [2.75, 3.05) is 23.7 Å². The monoisotopic (exact) mass is 562 g/mol. The third-order valence-electron chi connectivity index (χ3n) is 6.84. The second-order valence-corrected chi connectivity index (χ2v) is 10.3. The number of anilines is 3. The maximum Gasteiger partial charge on any atom is 0.141 e. The van der Waals surface area contributed by atoms with E-state index < -0.39 is 5.82 Å². The van der Waals surface area contributed by atoms with Crippen LogP contribution in [0.25, 0.3) is 10.9 Å². The summed E-state index contributed by atoms with van der Waals surface area (Å²) in [6.45, 7) is 1.94. The molecule has 39 heavy (non-hydrogen) atoms. The molecule has 0 radical (unpaired) electrons. The van der Waals surface area contributed by atoms with Gasteiger partial charge in [0.05, 0.1) is 28.8 Å². The summed E-state index contributed by atoms with van der Waals surface area (Å²) in [6, 6.07) is 18.1. The number of hydrogen-bond donors (Lipinski definition) is 3. The number of benzene rings is 3. The molecule has 8 nitrogen and oxygen atoms in total. The molecule has 0 spiro atoms. The zero-order valence-electron chi connectivity index (χ0n) is 20.8. The largest absolute Gasteiger partial charge is 0.373 e. The lowest BCUT2D eigenvalue weighted by Crippen LogP contribution is -2.29. The predicted molar refractivity (Wildman–Crippen MR) is 152 cm³/mol. The molecule has 5 aromatic rings. The molecule has 0 bridgehead atoms. The Balaban J connectivity index is 1.34. The Labute approximate surface area is 234 Å². The summed E-state index contributed by atoms with van der Waals surface area (Å²) in [5.41, 5.74) is 4.02. The van der Waals surface area contributed by atoms with Crippen LogP contribution < -0.4 is 16.0 Å². The molecular weight excluding hydrogens is 538 g/mol. The number of rotatable bonds is 7. The van der Waals surface area contributed by atoms with Gasteiger partial charge in [0.25, 0.3) is 0 Å². The predicted octanol–water partition coefficient (Wildman–Crippen LogP) is 6.54. The number of fused-ring (bicyclic) bond motifs is 1. The molecule has 3 heterocycles. The van der Waals surface area contributed by atoms with Gasteiger partial charge < -0.3 is 16.0 Å². The highest BCUT2D eigenvalue weighted by Crippen LogP contribution is 2.32. The smallest absolute Gasteiger partial charge is 0.141 e. The molecule has 2 aromatic heterocycles. The van der Waals surface area contributed by atoms with E-state index in [0.717, 1.165) is 53.8 Å². The van der Waals surface area contributed by atoms with E-state index in [-0.39, 0.29) is 11.1 Å². The van der Waals surface area contributed by atoms with Crippen molar-refractivity contribution in [3.8, 4) is 0 Å². The lowest BCUT2D eigenvalue weighted by Gasteiger charge is -2.22. The van der Waals surface area contributed by atoms with Crippen LogP contribution in [0.4, 0.5) is 21.6 Å². The number of nitrogens with one attached hydrogen (secondary N) is 3. The van der Waals surface area contributed by atoms with Gasteiger partial charge in [-0.2, -0.15) is 0 Å². The molecule has 0 amide bonds. The molecule has 11 heteroatoms. The standard InChI is InChI=1S/C28H25Cl2FN8/c29-18-3-1-17(2-4-18)27(26-15-39(38-37-26)21-9-11-32-12-10-21)35-19-6-8-25-22(13-19)28(34-16-33-25)36-20-5-7-24(31)23(30)14-20/h1-8,13-16,21,27,32,35H,9-12H2,(H,33,34,36)/t27-/m0/s1. The van der Waals surface area contributed by atoms with Crippen LogP contribution in [-0.2, 0) is 0 Å². The van der Waals surface area contributed by atoms with Crippen LogP contribution in [0.2, 0.25) is 10.0 Å². The van der Waals surface area contributed by atoms with Crippen molar-refractivity contribution in [1.29, 1.82) is 0 Å². The van der Waals surface area contributed by atoms with Crippen molar-refractivity contribution in [1.82, 2.24) is 30.3 Å². The number of aromatic nitrogens is 5. The Morgan fingerprint density at radius 2 is 1.74 bits per heavy atom. The summed E-state index contributed by atoms with van der Waals surface area (Å²) in [7, 11) is 0. The molecule has 3 aromatic carbocycles. The average molecular weight is 563 g/mol. The van der Waals surface area contributed by atoms with Gasteiger partial charge in [0, 0.05) is 21.8 Å². The molecule has 0 aliphatic carbocycles. The summed E-state index contributed by atoms with van der Waals surface area (Å²) in [6.07, 6.45) is 5.54. The Bertz CT molecular complexity index is 1600. The minimum atomic E-state index is -0.480. The first-order valence-corrected chi connectivity index (χ1v) is 13.4. The normalized spacial score (nSPS) is 14.8. The van der Waals surface area contributed by atoms with Gasteiger partial charge in [-0.05, 0) is 80.0 Å². The third-order valence-corrected chi connectivity index (χ3v) is 7.38. The van der Waals surface area contributed by atoms with E-state index >= 15 is 0 Å². The molecule has 1 saturated heterocycles. The minimum absolute atomic E-state index is 0.0315. The molecule has 0 unspecified atom stereocenters. The SMILES string of the molecule is Fc1ccc(Nc2ncnc3ccc(N[C@@H](c4ccc(Cl)cc4)c4cn(C5CCNCC5)nn4)cc23)cc1Cl. The van der Waals surface area contributed by atoms with E-state index in [0.29, 0.717) is 22.6 Å². The van der Waals surface area contributed by atoms with Gasteiger partial charge in [0.15, 0.2) is 0 Å². The van der Waals surface area contributed by atoms with Gasteiger partial charge in [0.2, 0.25) is 0 Å². The van der Waals surface area contributed by atoms with Gasteiger partial charge >= 0.3 is 0 Å². The second-order valence-electron chi connectivity index (χ2n) is 9.44. The highest BCUT2D eigenvalue weighted by atomic mass is 35.5. The molecule has 1 atom stereocenters. The van der Waals surface area contributed by atoms with E-state index in [9.17, 15) is 4.39 Å². The molecular formula is C28H25Cl2FN8. The number of piperidine rings is 1. The molecule has 1 aliphatic rings. The Morgan fingerprint density at radius 1 is 0.949 bits per heavy atom. The highest BCUT2D eigenvalue weighted by Gasteiger charge is 2.22. The molecule has 6 rings (SSSR count). The highest BCUT2D eigenvalue weighted by molar-refractivity contribution is 6.31. The zero-order chi connectivity index (χ0) is 26.8. The van der Waals surface area contributed by atoms with Crippen LogP contribution in [0, 0.1) is 5.82 Å². The summed E-state index contributed by atoms with van der Waals surface area (Å²) in [5, 5.41) is 20.8. The van der Waals surface area contributed by atoms with Crippen LogP contribution in [0.3, 0.4) is 0 Å². The van der Waals surface area contributed by atoms with Crippen LogP contribution >= 0.6 is 23.2 Å². The first kappa shape index (κ1) is 25.5. The van der Waals surface area contributed by atoms with Crippen LogP contribution in [0.15, 0.2) is 73.2 Å². The fourth-order valence-corrected chi connectivity index (χ4v) is 5.09. The zero-order valence-corrected chi connectivity index (χ0v) is 22.3. The summed E-state index contributed by atoms with van der Waals surface area (Å²) < 4.78 is 15.6. The van der Waals surface area contributed by atoms with E-state index in [4.69, 9.17) is 23.2 Å². The van der Waals surface area contributed by atoms with Crippen LogP contribution in [0.1, 0.15) is 36.2 Å². The molecule has 0 saturated carbocycles. The fraction of sp³-hybridized carbons (Fsp3) is 0.214. The molecule has 1 fully saturated rings. The second kappa shape index (κ2) is 11.1. The number of halogens is 3. The Kier molecular flexibility index (Phi) is 7.28. The van der Waals surface area contributed by atoms with Crippen molar-refractivity contribution in [3.05, 3.63) is 100 Å². The first-order chi connectivity index (χ1) is 19.0. The summed E-state index contributed by atoms with van der Waals surface area (Å²) in [4.78, 5) is 8.83. The Morgan fingerprint density at radius 3 is 2.54 bits per heavy atom. The lowest BCUT2D eigenvalue weighted by atomic mass is 10.0. The fourth-order valence-electron chi connectivity index (χ4n) is 4.78. The van der Waals surface area contributed by atoms with Crippen LogP contribution in [0.5, 0.6) is 0 Å². The summed E-state index contributed by atoms with van der Waals surface area (Å²) >= 11 is 12.2. The molecule has 1 aliphatic heterocycles. The minimum Gasteiger partial charge on any atom is -0.373 e. The first-order valence-electron chi connectivity index (χ1n) is 12.6. The topological polar surface area (TPSA) is 92.6 Å². The van der Waals surface area contributed by atoms with Crippen molar-refractivity contribution < 1.29 is 4.39 Å². The maximum atomic E-state index is 13.7. The van der Waals surface area contributed by atoms with E-state index in [2.05, 4.69) is 36.2 Å². The van der Waals surface area contributed by atoms with E-state index in [1.807, 2.05) is 53.3 Å². The lowest BCUT2D eigenvalue weighted by molar-refractivity contribution is 0.337. The van der Waals surface area contributed by atoms with Gasteiger partial charge in [-0.25, -0.2) is 19.0 Å². The van der Waals surface area contributed by atoms with Crippen molar-refractivity contribution >= 4 is 51.3 Å². The number of nitrogens with zero attached hydrogens (tertiary/aromatic N) is 5. The van der Waals surface area contributed by atoms with Gasteiger partial charge in [-0.3, -0.25) is 0 Å².